The van der Waals surface area contributed by atoms with Gasteiger partial charge in [-0.05, 0) is 73.6 Å². The third-order valence-corrected chi connectivity index (χ3v) is 6.32. The van der Waals surface area contributed by atoms with Gasteiger partial charge < -0.3 is 19.9 Å². The van der Waals surface area contributed by atoms with Crippen LogP contribution < -0.4 is 15.0 Å². The Hall–Kier alpha value is -1.63. The monoisotopic (exact) mass is 404 g/mol. The van der Waals surface area contributed by atoms with E-state index in [1.807, 2.05) is 24.3 Å². The molecule has 0 radical (unpaired) electrons. The molecule has 1 aliphatic heterocycles. The van der Waals surface area contributed by atoms with E-state index in [-0.39, 0.29) is 0 Å². The number of rotatable bonds is 7. The quantitative estimate of drug-likeness (QED) is 0.692. The van der Waals surface area contributed by atoms with Crippen molar-refractivity contribution in [3.05, 3.63) is 46.7 Å². The number of quaternary nitrogens is 1. The first-order valence-corrected chi connectivity index (χ1v) is 11.1. The van der Waals surface area contributed by atoms with Crippen molar-refractivity contribution in [1.82, 2.24) is 4.90 Å². The van der Waals surface area contributed by atoms with Gasteiger partial charge in [-0.1, -0.05) is 6.07 Å². The second-order valence-electron chi connectivity index (χ2n) is 7.07. The van der Waals surface area contributed by atoms with Gasteiger partial charge in [0.1, 0.15) is 5.75 Å². The van der Waals surface area contributed by atoms with Gasteiger partial charge in [0.15, 0.2) is 5.11 Å². The van der Waals surface area contributed by atoms with Crippen molar-refractivity contribution >= 4 is 34.4 Å². The Morgan fingerprint density at radius 3 is 2.52 bits per heavy atom. The van der Waals surface area contributed by atoms with Crippen molar-refractivity contribution in [2.45, 2.75) is 32.2 Å². The molecule has 2 aromatic rings. The fraction of sp³-hybridized carbons (Fsp3) is 0.476. The zero-order valence-electron chi connectivity index (χ0n) is 16.1. The lowest BCUT2D eigenvalue weighted by Crippen LogP contribution is -3.12. The molecule has 1 aromatic heterocycles. The summed E-state index contributed by atoms with van der Waals surface area (Å²) in [6.45, 7) is 5.59. The van der Waals surface area contributed by atoms with Crippen molar-refractivity contribution < 1.29 is 9.64 Å². The largest absolute Gasteiger partial charge is 0.497 e. The molecule has 0 saturated carbocycles. The Morgan fingerprint density at radius 2 is 1.89 bits per heavy atom. The minimum absolute atomic E-state index is 0.794. The van der Waals surface area contributed by atoms with Crippen LogP contribution >= 0.6 is 23.6 Å². The number of anilines is 1. The van der Waals surface area contributed by atoms with Crippen LogP contribution in [-0.4, -0.2) is 43.3 Å². The van der Waals surface area contributed by atoms with Crippen LogP contribution in [0.4, 0.5) is 5.69 Å². The normalized spacial score (nSPS) is 15.1. The van der Waals surface area contributed by atoms with Gasteiger partial charge in [0.2, 0.25) is 0 Å². The fourth-order valence-electron chi connectivity index (χ4n) is 3.49. The molecule has 4 nitrogen and oxygen atoms in total. The van der Waals surface area contributed by atoms with Gasteiger partial charge >= 0.3 is 0 Å². The van der Waals surface area contributed by atoms with E-state index in [0.29, 0.717) is 0 Å². The van der Waals surface area contributed by atoms with Crippen molar-refractivity contribution in [2.24, 2.45) is 0 Å². The molecule has 1 fully saturated rings. The second kappa shape index (κ2) is 10.6. The number of likely N-dealkylation sites (tertiary alicyclic amines) is 1. The highest BCUT2D eigenvalue weighted by Crippen LogP contribution is 2.17. The minimum Gasteiger partial charge on any atom is -0.497 e. The van der Waals surface area contributed by atoms with Gasteiger partial charge in [-0.25, -0.2) is 0 Å². The van der Waals surface area contributed by atoms with Gasteiger partial charge in [-0.3, -0.25) is 0 Å². The van der Waals surface area contributed by atoms with E-state index >= 15 is 0 Å². The van der Waals surface area contributed by atoms with E-state index in [4.69, 9.17) is 17.0 Å². The molecule has 0 spiro atoms. The third kappa shape index (κ3) is 6.48. The van der Waals surface area contributed by atoms with Crippen molar-refractivity contribution in [1.29, 1.82) is 0 Å². The van der Waals surface area contributed by atoms with Gasteiger partial charge in [0.05, 0.1) is 39.8 Å². The Kier molecular flexibility index (Phi) is 7.93. The average molecular weight is 405 g/mol. The molecule has 0 amide bonds. The molecule has 0 bridgehead atoms. The number of benzene rings is 1. The Morgan fingerprint density at radius 1 is 1.15 bits per heavy atom. The number of nitrogens with zero attached hydrogens (tertiary/aromatic N) is 1. The topological polar surface area (TPSA) is 28.9 Å². The highest BCUT2D eigenvalue weighted by molar-refractivity contribution is 7.80. The zero-order chi connectivity index (χ0) is 18.9. The van der Waals surface area contributed by atoms with Crippen LogP contribution in [0.2, 0.25) is 0 Å². The Bertz CT molecular complexity index is 680. The van der Waals surface area contributed by atoms with Crippen molar-refractivity contribution in [3.63, 3.8) is 0 Å². The molecule has 2 N–H and O–H groups in total. The molecule has 3 rings (SSSR count). The van der Waals surface area contributed by atoms with E-state index in [9.17, 15) is 0 Å². The maximum Gasteiger partial charge on any atom is 0.173 e. The molecule has 1 aromatic carbocycles. The van der Waals surface area contributed by atoms with Crippen LogP contribution in [0.1, 0.15) is 30.6 Å². The van der Waals surface area contributed by atoms with Crippen LogP contribution in [0.3, 0.4) is 0 Å². The van der Waals surface area contributed by atoms with Crippen molar-refractivity contribution in [2.75, 3.05) is 38.6 Å². The summed E-state index contributed by atoms with van der Waals surface area (Å²) in [6.07, 6.45) is 5.49. The molecule has 1 aliphatic rings. The number of ether oxygens (including phenoxy) is 1. The van der Waals surface area contributed by atoms with Gasteiger partial charge in [0.25, 0.3) is 0 Å². The SMILES string of the molecule is COc1ccc(NC(=S)N(CC[NH+]2CCCCCC2)Cc2cccs2)cc1. The molecular formula is C21H30N3OS2+. The maximum atomic E-state index is 5.76. The highest BCUT2D eigenvalue weighted by atomic mass is 32.1. The van der Waals surface area contributed by atoms with E-state index in [2.05, 4.69) is 27.7 Å². The summed E-state index contributed by atoms with van der Waals surface area (Å²) in [5.41, 5.74) is 0.999. The van der Waals surface area contributed by atoms with E-state index in [1.54, 1.807) is 23.3 Å². The molecule has 0 atom stereocenters. The van der Waals surface area contributed by atoms with Crippen molar-refractivity contribution in [3.8, 4) is 5.75 Å². The van der Waals surface area contributed by atoms with E-state index in [1.165, 1.54) is 43.6 Å². The zero-order valence-corrected chi connectivity index (χ0v) is 17.7. The highest BCUT2D eigenvalue weighted by Gasteiger charge is 2.17. The summed E-state index contributed by atoms with van der Waals surface area (Å²) in [5.74, 6) is 0.853. The lowest BCUT2D eigenvalue weighted by Gasteiger charge is -2.27. The summed E-state index contributed by atoms with van der Waals surface area (Å²) in [7, 11) is 1.68. The van der Waals surface area contributed by atoms with Crippen LogP contribution in [0.25, 0.3) is 0 Å². The molecule has 1 saturated heterocycles. The first kappa shape index (κ1) is 20.1. The van der Waals surface area contributed by atoms with E-state index < -0.39 is 0 Å². The smallest absolute Gasteiger partial charge is 0.173 e. The molecule has 27 heavy (non-hydrogen) atoms. The van der Waals surface area contributed by atoms with Crippen LogP contribution in [0, 0.1) is 0 Å². The lowest BCUT2D eigenvalue weighted by molar-refractivity contribution is -0.898. The summed E-state index contributed by atoms with van der Waals surface area (Å²) in [5, 5.41) is 6.33. The number of thiophene rings is 1. The number of hydrogen-bond donors (Lipinski definition) is 2. The average Bonchev–Trinajstić information content (AvgIpc) is 3.07. The number of methoxy groups -OCH3 is 1. The second-order valence-corrected chi connectivity index (χ2v) is 8.49. The Balaban J connectivity index is 1.61. The predicted molar refractivity (Wildman–Crippen MR) is 118 cm³/mol. The predicted octanol–water partition coefficient (Wildman–Crippen LogP) is 3.41. The first-order valence-electron chi connectivity index (χ1n) is 9.80. The third-order valence-electron chi connectivity index (χ3n) is 5.10. The molecule has 0 aliphatic carbocycles. The summed E-state index contributed by atoms with van der Waals surface area (Å²) in [4.78, 5) is 5.37. The summed E-state index contributed by atoms with van der Waals surface area (Å²) >= 11 is 7.56. The lowest BCUT2D eigenvalue weighted by atomic mass is 10.2. The van der Waals surface area contributed by atoms with Crippen LogP contribution in [0.5, 0.6) is 5.75 Å². The number of thiocarbonyl (C=S) groups is 1. The Labute approximate surface area is 172 Å². The maximum absolute atomic E-state index is 5.76. The van der Waals surface area contributed by atoms with E-state index in [0.717, 1.165) is 36.2 Å². The van der Waals surface area contributed by atoms with Gasteiger partial charge in [-0.15, -0.1) is 11.3 Å². The fourth-order valence-corrected chi connectivity index (χ4v) is 4.48. The minimum atomic E-state index is 0.794. The molecule has 6 heteroatoms. The molecule has 146 valence electrons. The molecule has 2 heterocycles. The molecule has 0 unspecified atom stereocenters. The summed E-state index contributed by atoms with van der Waals surface area (Å²) < 4.78 is 5.24. The number of hydrogen-bond acceptors (Lipinski definition) is 3. The number of nitrogens with one attached hydrogen (secondary N) is 2. The van der Waals surface area contributed by atoms with Gasteiger partial charge in [-0.2, -0.15) is 0 Å². The van der Waals surface area contributed by atoms with Gasteiger partial charge in [0, 0.05) is 10.6 Å². The first-order chi connectivity index (χ1) is 13.2. The standard InChI is InChI=1S/C21H29N3OS2/c1-25-19-10-8-18(9-11-19)22-21(26)24(17-20-7-6-16-27-20)15-14-23-12-4-2-3-5-13-23/h6-11,16H,2-5,12-15,17H2,1H3,(H,22,26)/p+1. The summed E-state index contributed by atoms with van der Waals surface area (Å²) in [6, 6.07) is 12.2. The van der Waals surface area contributed by atoms with Crippen LogP contribution in [0.15, 0.2) is 41.8 Å². The van der Waals surface area contributed by atoms with Crippen LogP contribution in [-0.2, 0) is 6.54 Å². The molecular weight excluding hydrogens is 374 g/mol.